The summed E-state index contributed by atoms with van der Waals surface area (Å²) >= 11 is 0. The molecule has 0 saturated carbocycles. The summed E-state index contributed by atoms with van der Waals surface area (Å²) in [6.45, 7) is 0.269. The lowest BCUT2D eigenvalue weighted by Crippen LogP contribution is -2.30. The van der Waals surface area contributed by atoms with Crippen LogP contribution in [0.4, 0.5) is 0 Å². The van der Waals surface area contributed by atoms with Gasteiger partial charge < -0.3 is 14.5 Å². The van der Waals surface area contributed by atoms with Crippen molar-refractivity contribution >= 4 is 6.08 Å². The zero-order valence-electron chi connectivity index (χ0n) is 15.6. The fourth-order valence-corrected chi connectivity index (χ4v) is 4.33. The number of rotatable bonds is 3. The van der Waals surface area contributed by atoms with Crippen molar-refractivity contribution < 1.29 is 9.47 Å². The number of hydrogen-bond donors (Lipinski definition) is 2. The Bertz CT molecular complexity index is 1210. The Kier molecular flexibility index (Phi) is 3.41. The fraction of sp³-hybridized carbons (Fsp3) is 0.130. The third kappa shape index (κ3) is 2.42. The molecule has 0 amide bonds. The number of benzene rings is 2. The molecular formula is C23H18N4O2. The maximum Gasteiger partial charge on any atom is 0.231 e. The topological polar surface area (TPSA) is 75.8 Å². The number of ether oxygens (including phenoxy) is 2. The van der Waals surface area contributed by atoms with E-state index >= 15 is 0 Å². The molecule has 0 bridgehead atoms. The molecule has 0 saturated heterocycles. The molecule has 29 heavy (non-hydrogen) atoms. The maximum atomic E-state index is 5.66. The van der Waals surface area contributed by atoms with Crippen LogP contribution in [-0.4, -0.2) is 27.0 Å². The molecule has 1 aliphatic heterocycles. The Morgan fingerprint density at radius 2 is 1.86 bits per heavy atom. The SMILES string of the molecule is C1=CC(c2ccccc2)(c2ccc3c(c2)OCO3)Cc2[nH]nc(-c3cnc[nH]3)c21. The summed E-state index contributed by atoms with van der Waals surface area (Å²) in [6, 6.07) is 16.8. The minimum absolute atomic E-state index is 0.269. The van der Waals surface area contributed by atoms with Crippen LogP contribution in [0.15, 0.2) is 67.1 Å². The molecule has 1 unspecified atom stereocenters. The molecule has 1 aliphatic carbocycles. The fourth-order valence-electron chi connectivity index (χ4n) is 4.33. The van der Waals surface area contributed by atoms with Gasteiger partial charge in [0.2, 0.25) is 6.79 Å². The Morgan fingerprint density at radius 3 is 2.72 bits per heavy atom. The van der Waals surface area contributed by atoms with Crippen molar-refractivity contribution in [3.05, 3.63) is 89.5 Å². The molecule has 2 aromatic carbocycles. The second kappa shape index (κ2) is 6.10. The molecule has 3 heterocycles. The van der Waals surface area contributed by atoms with Crippen molar-refractivity contribution in [3.8, 4) is 22.9 Å². The third-order valence-corrected chi connectivity index (χ3v) is 5.80. The van der Waals surface area contributed by atoms with Gasteiger partial charge in [0.15, 0.2) is 11.5 Å². The van der Waals surface area contributed by atoms with Gasteiger partial charge in [-0.1, -0.05) is 48.6 Å². The Hall–Kier alpha value is -3.80. The molecule has 2 aromatic heterocycles. The van der Waals surface area contributed by atoms with Gasteiger partial charge in [-0.15, -0.1) is 0 Å². The monoisotopic (exact) mass is 382 g/mol. The first-order valence-corrected chi connectivity index (χ1v) is 9.54. The summed E-state index contributed by atoms with van der Waals surface area (Å²) < 4.78 is 11.2. The number of H-pyrrole nitrogens is 2. The van der Waals surface area contributed by atoms with Crippen LogP contribution in [-0.2, 0) is 11.8 Å². The molecular weight excluding hydrogens is 364 g/mol. The van der Waals surface area contributed by atoms with Crippen LogP contribution in [0.1, 0.15) is 22.4 Å². The standard InChI is InChI=1S/C23H18N4O2/c1-2-4-15(5-3-1)23(16-6-7-20-21(10-16)29-14-28-20)9-8-17-18(11-23)26-27-22(17)19-12-24-13-25-19/h1-10,12-13H,11,14H2,(H,24,25)(H,26,27). The van der Waals surface area contributed by atoms with Crippen LogP contribution in [0.5, 0.6) is 11.5 Å². The Labute approximate surface area is 167 Å². The second-order valence-electron chi connectivity index (χ2n) is 7.35. The van der Waals surface area contributed by atoms with E-state index in [1.54, 1.807) is 12.5 Å². The summed E-state index contributed by atoms with van der Waals surface area (Å²) in [5.74, 6) is 1.58. The van der Waals surface area contributed by atoms with Crippen molar-refractivity contribution in [2.24, 2.45) is 0 Å². The number of aromatic amines is 2. The lowest BCUT2D eigenvalue weighted by Gasteiger charge is -2.34. The summed E-state index contributed by atoms with van der Waals surface area (Å²) in [7, 11) is 0. The van der Waals surface area contributed by atoms with Crippen molar-refractivity contribution in [1.82, 2.24) is 20.2 Å². The molecule has 1 atom stereocenters. The molecule has 2 N–H and O–H groups in total. The number of fused-ring (bicyclic) bond motifs is 2. The predicted octanol–water partition coefficient (Wildman–Crippen LogP) is 4.08. The van der Waals surface area contributed by atoms with Gasteiger partial charge in [-0.3, -0.25) is 5.10 Å². The van der Waals surface area contributed by atoms with E-state index < -0.39 is 0 Å². The van der Waals surface area contributed by atoms with Crippen molar-refractivity contribution in [2.45, 2.75) is 11.8 Å². The smallest absolute Gasteiger partial charge is 0.231 e. The van der Waals surface area contributed by atoms with E-state index in [1.165, 1.54) is 5.56 Å². The van der Waals surface area contributed by atoms with Crippen LogP contribution < -0.4 is 9.47 Å². The van der Waals surface area contributed by atoms with Crippen LogP contribution in [0, 0.1) is 0 Å². The Balaban J connectivity index is 1.51. The normalized spacial score (nSPS) is 19.3. The van der Waals surface area contributed by atoms with Gasteiger partial charge in [-0.05, 0) is 23.3 Å². The van der Waals surface area contributed by atoms with E-state index in [0.29, 0.717) is 0 Å². The average Bonchev–Trinajstić information content (AvgIpc) is 3.53. The third-order valence-electron chi connectivity index (χ3n) is 5.80. The summed E-state index contributed by atoms with van der Waals surface area (Å²) in [5.41, 5.74) is 6.04. The molecule has 4 aromatic rings. The van der Waals surface area contributed by atoms with E-state index in [2.05, 4.69) is 68.7 Å². The molecule has 142 valence electrons. The lowest BCUT2D eigenvalue weighted by atomic mass is 9.68. The van der Waals surface area contributed by atoms with E-state index in [9.17, 15) is 0 Å². The first-order valence-electron chi connectivity index (χ1n) is 9.54. The summed E-state index contributed by atoms with van der Waals surface area (Å²) in [5, 5.41) is 7.81. The van der Waals surface area contributed by atoms with Crippen molar-refractivity contribution in [3.63, 3.8) is 0 Å². The largest absolute Gasteiger partial charge is 0.454 e. The summed E-state index contributed by atoms with van der Waals surface area (Å²) in [4.78, 5) is 7.27. The summed E-state index contributed by atoms with van der Waals surface area (Å²) in [6.07, 6.45) is 8.67. The van der Waals surface area contributed by atoms with Gasteiger partial charge >= 0.3 is 0 Å². The molecule has 0 spiro atoms. The second-order valence-corrected chi connectivity index (χ2v) is 7.35. The minimum atomic E-state index is -0.326. The molecule has 6 nitrogen and oxygen atoms in total. The van der Waals surface area contributed by atoms with Crippen LogP contribution in [0.25, 0.3) is 17.5 Å². The number of allylic oxidation sites excluding steroid dienone is 1. The van der Waals surface area contributed by atoms with Crippen LogP contribution in [0.3, 0.4) is 0 Å². The molecule has 0 radical (unpaired) electrons. The highest BCUT2D eigenvalue weighted by Gasteiger charge is 2.37. The van der Waals surface area contributed by atoms with E-state index in [-0.39, 0.29) is 12.2 Å². The first-order chi connectivity index (χ1) is 14.3. The highest BCUT2D eigenvalue weighted by Crippen LogP contribution is 2.45. The minimum Gasteiger partial charge on any atom is -0.454 e. The van der Waals surface area contributed by atoms with E-state index in [1.807, 2.05) is 12.1 Å². The number of nitrogens with one attached hydrogen (secondary N) is 2. The van der Waals surface area contributed by atoms with Gasteiger partial charge in [0.05, 0.1) is 18.2 Å². The quantitative estimate of drug-likeness (QED) is 0.560. The number of hydrogen-bond acceptors (Lipinski definition) is 4. The molecule has 0 fully saturated rings. The number of aromatic nitrogens is 4. The van der Waals surface area contributed by atoms with Crippen molar-refractivity contribution in [2.75, 3.05) is 6.79 Å². The van der Waals surface area contributed by atoms with Gasteiger partial charge in [0, 0.05) is 23.1 Å². The van der Waals surface area contributed by atoms with Crippen molar-refractivity contribution in [1.29, 1.82) is 0 Å². The molecule has 6 rings (SSSR count). The molecule has 6 heteroatoms. The van der Waals surface area contributed by atoms with E-state index in [4.69, 9.17) is 9.47 Å². The zero-order chi connectivity index (χ0) is 19.3. The highest BCUT2D eigenvalue weighted by molar-refractivity contribution is 5.74. The van der Waals surface area contributed by atoms with E-state index in [0.717, 1.165) is 46.1 Å². The van der Waals surface area contributed by atoms with Crippen LogP contribution >= 0.6 is 0 Å². The van der Waals surface area contributed by atoms with Gasteiger partial charge in [0.1, 0.15) is 5.69 Å². The lowest BCUT2D eigenvalue weighted by molar-refractivity contribution is 0.174. The Morgan fingerprint density at radius 1 is 0.966 bits per heavy atom. The predicted molar refractivity (Wildman–Crippen MR) is 109 cm³/mol. The van der Waals surface area contributed by atoms with Gasteiger partial charge in [0.25, 0.3) is 0 Å². The first kappa shape index (κ1) is 16.2. The zero-order valence-corrected chi connectivity index (χ0v) is 15.6. The number of nitrogens with zero attached hydrogens (tertiary/aromatic N) is 2. The molecule has 2 aliphatic rings. The maximum absolute atomic E-state index is 5.66. The van der Waals surface area contributed by atoms with Gasteiger partial charge in [-0.25, -0.2) is 4.98 Å². The van der Waals surface area contributed by atoms with Gasteiger partial charge in [-0.2, -0.15) is 5.10 Å². The highest BCUT2D eigenvalue weighted by atomic mass is 16.7. The van der Waals surface area contributed by atoms with Crippen LogP contribution in [0.2, 0.25) is 0 Å². The number of imidazole rings is 1. The average molecular weight is 382 g/mol.